The predicted octanol–water partition coefficient (Wildman–Crippen LogP) is 3.43. The third kappa shape index (κ3) is 3.26. The van der Waals surface area contributed by atoms with Crippen molar-refractivity contribution in [3.05, 3.63) is 54.1 Å². The summed E-state index contributed by atoms with van der Waals surface area (Å²) < 4.78 is 5.56. The average Bonchev–Trinajstić information content (AvgIpc) is 2.97. The largest absolute Gasteiger partial charge is 0.492 e. The average molecular weight is 311 g/mol. The topological polar surface area (TPSA) is 78.5 Å². The minimum atomic E-state index is -1.07. The second kappa shape index (κ2) is 6.39. The summed E-state index contributed by atoms with van der Waals surface area (Å²) in [6.45, 7) is 2.38. The van der Waals surface area contributed by atoms with Gasteiger partial charge in [-0.1, -0.05) is 30.3 Å². The number of aromatic nitrogens is 2. The van der Waals surface area contributed by atoms with Gasteiger partial charge in [-0.3, -0.25) is 0 Å². The SMILES string of the molecule is Cc1cccc2nc(N(CCOc3ccccc3)C(=O)O)[nH]c12. The van der Waals surface area contributed by atoms with Gasteiger partial charge in [-0.2, -0.15) is 0 Å². The third-order valence-electron chi connectivity index (χ3n) is 3.53. The van der Waals surface area contributed by atoms with Gasteiger partial charge < -0.3 is 14.8 Å². The number of hydrogen-bond donors (Lipinski definition) is 2. The lowest BCUT2D eigenvalue weighted by Gasteiger charge is -2.16. The number of imidazole rings is 1. The maximum atomic E-state index is 11.5. The molecule has 0 atom stereocenters. The van der Waals surface area contributed by atoms with Crippen molar-refractivity contribution in [1.82, 2.24) is 9.97 Å². The van der Waals surface area contributed by atoms with Gasteiger partial charge in [-0.25, -0.2) is 14.7 Å². The Morgan fingerprint density at radius 2 is 2.00 bits per heavy atom. The number of para-hydroxylation sites is 2. The first kappa shape index (κ1) is 14.9. The molecule has 2 N–H and O–H groups in total. The zero-order chi connectivity index (χ0) is 16.2. The smallest absolute Gasteiger partial charge is 0.414 e. The van der Waals surface area contributed by atoms with Crippen molar-refractivity contribution in [3.8, 4) is 5.75 Å². The van der Waals surface area contributed by atoms with E-state index >= 15 is 0 Å². The first-order valence-electron chi connectivity index (χ1n) is 7.29. The summed E-state index contributed by atoms with van der Waals surface area (Å²) in [4.78, 5) is 20.1. The summed E-state index contributed by atoms with van der Waals surface area (Å²) in [6.07, 6.45) is -1.07. The summed E-state index contributed by atoms with van der Waals surface area (Å²) in [5, 5.41) is 9.43. The zero-order valence-corrected chi connectivity index (χ0v) is 12.7. The number of ether oxygens (including phenoxy) is 1. The van der Waals surface area contributed by atoms with Crippen molar-refractivity contribution in [2.75, 3.05) is 18.1 Å². The molecular formula is C17H17N3O3. The number of aromatic amines is 1. The van der Waals surface area contributed by atoms with Crippen molar-refractivity contribution in [2.24, 2.45) is 0 Å². The van der Waals surface area contributed by atoms with Crippen LogP contribution < -0.4 is 9.64 Å². The van der Waals surface area contributed by atoms with Gasteiger partial charge in [-0.15, -0.1) is 0 Å². The molecule has 0 bridgehead atoms. The lowest BCUT2D eigenvalue weighted by Crippen LogP contribution is -2.34. The standard InChI is InChI=1S/C17H17N3O3/c1-12-6-5-9-14-15(12)19-16(18-14)20(17(21)22)10-11-23-13-7-3-2-4-8-13/h2-9H,10-11H2,1H3,(H,18,19)(H,21,22). The quantitative estimate of drug-likeness (QED) is 0.756. The zero-order valence-electron chi connectivity index (χ0n) is 12.7. The molecule has 6 heteroatoms. The fourth-order valence-corrected chi connectivity index (χ4v) is 2.35. The number of carbonyl (C=O) groups is 1. The Hall–Kier alpha value is -3.02. The van der Waals surface area contributed by atoms with Crippen LogP contribution in [0.25, 0.3) is 11.0 Å². The van der Waals surface area contributed by atoms with Crippen LogP contribution in [0.2, 0.25) is 0 Å². The molecule has 3 rings (SSSR count). The van der Waals surface area contributed by atoms with E-state index in [1.807, 2.05) is 55.5 Å². The molecule has 0 fully saturated rings. The minimum Gasteiger partial charge on any atom is -0.492 e. The molecule has 0 aliphatic rings. The molecule has 0 spiro atoms. The lowest BCUT2D eigenvalue weighted by molar-refractivity contribution is 0.199. The van der Waals surface area contributed by atoms with Gasteiger partial charge in [0.2, 0.25) is 5.95 Å². The summed E-state index contributed by atoms with van der Waals surface area (Å²) >= 11 is 0. The number of nitrogens with zero attached hydrogens (tertiary/aromatic N) is 2. The maximum Gasteiger partial charge on any atom is 0.414 e. The Labute approximate surface area is 133 Å². The maximum absolute atomic E-state index is 11.5. The molecule has 0 saturated carbocycles. The molecule has 6 nitrogen and oxygen atoms in total. The molecule has 118 valence electrons. The van der Waals surface area contributed by atoms with Gasteiger partial charge in [-0.05, 0) is 30.7 Å². The number of carboxylic acid groups (broad SMARTS) is 1. The van der Waals surface area contributed by atoms with Crippen molar-refractivity contribution in [1.29, 1.82) is 0 Å². The Kier molecular flexibility index (Phi) is 4.14. The van der Waals surface area contributed by atoms with Crippen molar-refractivity contribution in [3.63, 3.8) is 0 Å². The van der Waals surface area contributed by atoms with Crippen LogP contribution >= 0.6 is 0 Å². The summed E-state index contributed by atoms with van der Waals surface area (Å²) in [5.41, 5.74) is 2.61. The Bertz CT molecular complexity index is 814. The van der Waals surface area contributed by atoms with Crippen LogP contribution in [-0.2, 0) is 0 Å². The van der Waals surface area contributed by atoms with Crippen LogP contribution in [0.5, 0.6) is 5.75 Å². The van der Waals surface area contributed by atoms with E-state index in [1.54, 1.807) is 0 Å². The van der Waals surface area contributed by atoms with Crippen LogP contribution in [0.15, 0.2) is 48.5 Å². The second-order valence-corrected chi connectivity index (χ2v) is 5.13. The molecule has 0 saturated heterocycles. The number of aryl methyl sites for hydroxylation is 1. The molecular weight excluding hydrogens is 294 g/mol. The van der Waals surface area contributed by atoms with Gasteiger partial charge in [0.15, 0.2) is 0 Å². The van der Waals surface area contributed by atoms with Crippen LogP contribution in [-0.4, -0.2) is 34.3 Å². The predicted molar refractivity (Wildman–Crippen MR) is 88.1 cm³/mol. The molecule has 2 aromatic carbocycles. The van der Waals surface area contributed by atoms with Crippen LogP contribution in [0, 0.1) is 6.92 Å². The van der Waals surface area contributed by atoms with Crippen molar-refractivity contribution < 1.29 is 14.6 Å². The molecule has 0 radical (unpaired) electrons. The summed E-state index contributed by atoms with van der Waals surface area (Å²) in [7, 11) is 0. The number of benzene rings is 2. The minimum absolute atomic E-state index is 0.184. The number of fused-ring (bicyclic) bond motifs is 1. The Balaban J connectivity index is 1.75. The van der Waals surface area contributed by atoms with Gasteiger partial charge in [0.05, 0.1) is 17.6 Å². The number of rotatable bonds is 5. The van der Waals surface area contributed by atoms with Crippen molar-refractivity contribution in [2.45, 2.75) is 6.92 Å². The van der Waals surface area contributed by atoms with Gasteiger partial charge in [0, 0.05) is 0 Å². The highest BCUT2D eigenvalue weighted by atomic mass is 16.5. The number of H-pyrrole nitrogens is 1. The molecule has 0 unspecified atom stereocenters. The third-order valence-corrected chi connectivity index (χ3v) is 3.53. The summed E-state index contributed by atoms with van der Waals surface area (Å²) in [6, 6.07) is 15.0. The fourth-order valence-electron chi connectivity index (χ4n) is 2.35. The normalized spacial score (nSPS) is 10.7. The fraction of sp³-hybridized carbons (Fsp3) is 0.176. The first-order chi connectivity index (χ1) is 11.1. The lowest BCUT2D eigenvalue weighted by atomic mass is 10.2. The highest BCUT2D eigenvalue weighted by Crippen LogP contribution is 2.20. The molecule has 3 aromatic rings. The van der Waals surface area contributed by atoms with E-state index in [2.05, 4.69) is 9.97 Å². The van der Waals surface area contributed by atoms with Crippen molar-refractivity contribution >= 4 is 23.1 Å². The first-order valence-corrected chi connectivity index (χ1v) is 7.29. The van der Waals surface area contributed by atoms with E-state index in [0.717, 1.165) is 21.5 Å². The molecule has 1 amide bonds. The molecule has 23 heavy (non-hydrogen) atoms. The van der Waals surface area contributed by atoms with E-state index < -0.39 is 6.09 Å². The van der Waals surface area contributed by atoms with E-state index in [0.29, 0.717) is 11.7 Å². The number of anilines is 1. The monoisotopic (exact) mass is 311 g/mol. The second-order valence-electron chi connectivity index (χ2n) is 5.13. The molecule has 1 heterocycles. The van der Waals surface area contributed by atoms with E-state index in [4.69, 9.17) is 4.74 Å². The molecule has 0 aliphatic heterocycles. The Morgan fingerprint density at radius 1 is 1.22 bits per heavy atom. The van der Waals surface area contributed by atoms with E-state index in [9.17, 15) is 9.90 Å². The highest BCUT2D eigenvalue weighted by molar-refractivity contribution is 5.88. The van der Waals surface area contributed by atoms with E-state index in [1.165, 1.54) is 0 Å². The van der Waals surface area contributed by atoms with Gasteiger partial charge >= 0.3 is 6.09 Å². The van der Waals surface area contributed by atoms with Crippen LogP contribution in [0.1, 0.15) is 5.56 Å². The number of amides is 1. The number of hydrogen-bond acceptors (Lipinski definition) is 3. The van der Waals surface area contributed by atoms with Crippen LogP contribution in [0.3, 0.4) is 0 Å². The Morgan fingerprint density at radius 3 is 2.70 bits per heavy atom. The van der Waals surface area contributed by atoms with Gasteiger partial charge in [0.25, 0.3) is 0 Å². The van der Waals surface area contributed by atoms with Gasteiger partial charge in [0.1, 0.15) is 12.4 Å². The molecule has 1 aromatic heterocycles. The highest BCUT2D eigenvalue weighted by Gasteiger charge is 2.18. The van der Waals surface area contributed by atoms with Crippen LogP contribution in [0.4, 0.5) is 10.7 Å². The summed E-state index contributed by atoms with van der Waals surface area (Å²) in [5.74, 6) is 1.01. The molecule has 0 aliphatic carbocycles. The number of nitrogens with one attached hydrogen (secondary N) is 1. The van der Waals surface area contributed by atoms with E-state index in [-0.39, 0.29) is 13.2 Å².